The molecule has 0 aliphatic rings. The number of ether oxygens (including phenoxy) is 1. The third-order valence-corrected chi connectivity index (χ3v) is 2.49. The maximum atomic E-state index is 12.7. The van der Waals surface area contributed by atoms with Crippen LogP contribution in [0.3, 0.4) is 0 Å². The zero-order chi connectivity index (χ0) is 15.7. The van der Waals surface area contributed by atoms with Gasteiger partial charge in [-0.3, -0.25) is 0 Å². The van der Waals surface area contributed by atoms with Gasteiger partial charge in [-0.15, -0.1) is 13.2 Å². The minimum Gasteiger partial charge on any atom is -0.405 e. The topological polar surface area (TPSA) is 22.1 Å². The molecular formula is C9H4BrF8NO. The largest absolute Gasteiger partial charge is 0.573 e. The Morgan fingerprint density at radius 1 is 1.15 bits per heavy atom. The normalized spacial score (nSPS) is 12.9. The third-order valence-electron chi connectivity index (χ3n) is 1.96. The van der Waals surface area contributed by atoms with E-state index < -0.39 is 47.0 Å². The van der Waals surface area contributed by atoms with E-state index in [-0.39, 0.29) is 6.07 Å². The molecule has 0 bridgehead atoms. The number of halogens is 9. The Kier molecular flexibility index (Phi) is 4.82. The molecule has 1 heterocycles. The molecule has 2 nitrogen and oxygen atoms in total. The second-order valence-corrected chi connectivity index (χ2v) is 3.91. The summed E-state index contributed by atoms with van der Waals surface area (Å²) in [7, 11) is 0. The highest BCUT2D eigenvalue weighted by atomic mass is 79.9. The molecule has 0 unspecified atom stereocenters. The van der Waals surface area contributed by atoms with Crippen molar-refractivity contribution in [1.82, 2.24) is 4.98 Å². The maximum Gasteiger partial charge on any atom is 0.573 e. The zero-order valence-electron chi connectivity index (χ0n) is 9.12. The van der Waals surface area contributed by atoms with Crippen LogP contribution in [0, 0.1) is 0 Å². The molecule has 0 aliphatic carbocycles. The summed E-state index contributed by atoms with van der Waals surface area (Å²) in [5.74, 6) is -1.62. The van der Waals surface area contributed by atoms with Crippen molar-refractivity contribution in [3.05, 3.63) is 23.0 Å². The summed E-state index contributed by atoms with van der Waals surface area (Å²) in [6.07, 6.45) is -14.0. The second-order valence-electron chi connectivity index (χ2n) is 3.35. The Hall–Kier alpha value is -1.13. The average molecular weight is 374 g/mol. The van der Waals surface area contributed by atoms with E-state index in [1.54, 1.807) is 0 Å². The lowest BCUT2D eigenvalue weighted by Crippen LogP contribution is -2.20. The van der Waals surface area contributed by atoms with E-state index in [1.807, 2.05) is 0 Å². The first kappa shape index (κ1) is 16.9. The molecule has 11 heteroatoms. The van der Waals surface area contributed by atoms with Crippen molar-refractivity contribution in [2.45, 2.75) is 24.3 Å². The number of hydrogen-bond donors (Lipinski definition) is 0. The van der Waals surface area contributed by atoms with Crippen molar-refractivity contribution < 1.29 is 39.9 Å². The maximum absolute atomic E-state index is 12.7. The van der Waals surface area contributed by atoms with E-state index in [4.69, 9.17) is 0 Å². The number of nitrogens with zero attached hydrogens (tertiary/aromatic N) is 1. The SMILES string of the molecule is FC(F)c1c(OC(F)(F)F)cc(C(F)(F)F)nc1CBr. The molecular weight excluding hydrogens is 370 g/mol. The smallest absolute Gasteiger partial charge is 0.405 e. The van der Waals surface area contributed by atoms with Gasteiger partial charge in [-0.1, -0.05) is 15.9 Å². The van der Waals surface area contributed by atoms with Crippen molar-refractivity contribution in [1.29, 1.82) is 0 Å². The fourth-order valence-electron chi connectivity index (χ4n) is 1.27. The summed E-state index contributed by atoms with van der Waals surface area (Å²) < 4.78 is 102. The van der Waals surface area contributed by atoms with Crippen LogP contribution in [-0.2, 0) is 11.5 Å². The zero-order valence-corrected chi connectivity index (χ0v) is 10.7. The second kappa shape index (κ2) is 5.70. The molecule has 114 valence electrons. The van der Waals surface area contributed by atoms with Crippen molar-refractivity contribution in [2.75, 3.05) is 0 Å². The van der Waals surface area contributed by atoms with Crippen molar-refractivity contribution in [2.24, 2.45) is 0 Å². The van der Waals surface area contributed by atoms with Crippen LogP contribution in [-0.4, -0.2) is 11.3 Å². The lowest BCUT2D eigenvalue weighted by molar-refractivity contribution is -0.275. The molecule has 20 heavy (non-hydrogen) atoms. The first-order valence-corrected chi connectivity index (χ1v) is 5.78. The molecule has 0 radical (unpaired) electrons. The summed E-state index contributed by atoms with van der Waals surface area (Å²) in [6.45, 7) is 0. The van der Waals surface area contributed by atoms with Crippen LogP contribution >= 0.6 is 15.9 Å². The molecule has 1 aromatic heterocycles. The van der Waals surface area contributed by atoms with Gasteiger partial charge in [0, 0.05) is 11.4 Å². The van der Waals surface area contributed by atoms with Gasteiger partial charge in [-0.2, -0.15) is 13.2 Å². The van der Waals surface area contributed by atoms with Crippen LogP contribution in [0.5, 0.6) is 5.75 Å². The molecule has 0 saturated carbocycles. The van der Waals surface area contributed by atoms with Gasteiger partial charge in [0.05, 0.1) is 11.3 Å². The van der Waals surface area contributed by atoms with Gasteiger partial charge < -0.3 is 4.74 Å². The molecule has 1 rings (SSSR count). The van der Waals surface area contributed by atoms with E-state index in [2.05, 4.69) is 25.7 Å². The number of alkyl halides is 9. The Morgan fingerprint density at radius 2 is 1.70 bits per heavy atom. The molecule has 0 fully saturated rings. The third kappa shape index (κ3) is 4.18. The highest BCUT2D eigenvalue weighted by Gasteiger charge is 2.39. The number of hydrogen-bond acceptors (Lipinski definition) is 2. The van der Waals surface area contributed by atoms with Gasteiger partial charge in [0.1, 0.15) is 11.4 Å². The Balaban J connectivity index is 3.50. The van der Waals surface area contributed by atoms with Crippen molar-refractivity contribution in [3.63, 3.8) is 0 Å². The van der Waals surface area contributed by atoms with Crippen molar-refractivity contribution >= 4 is 15.9 Å². The summed E-state index contributed by atoms with van der Waals surface area (Å²) in [6, 6.07) is -0.207. The molecule has 0 spiro atoms. The van der Waals surface area contributed by atoms with E-state index in [9.17, 15) is 35.1 Å². The molecule has 0 atom stereocenters. The standard InChI is InChI=1S/C9H4BrF8NO/c10-2-3-6(7(11)12)4(20-9(16,17)18)1-5(19-3)8(13,14)15/h1,7H,2H2. The van der Waals surface area contributed by atoms with E-state index in [1.165, 1.54) is 0 Å². The predicted molar refractivity (Wildman–Crippen MR) is 53.5 cm³/mol. The van der Waals surface area contributed by atoms with Crippen molar-refractivity contribution in [3.8, 4) is 5.75 Å². The Morgan fingerprint density at radius 3 is 2.05 bits per heavy atom. The summed E-state index contributed by atoms with van der Waals surface area (Å²) in [5, 5.41) is -0.592. The van der Waals surface area contributed by atoms with Gasteiger partial charge in [0.2, 0.25) is 0 Å². The molecule has 0 N–H and O–H groups in total. The molecule has 0 aliphatic heterocycles. The Bertz CT molecular complexity index is 484. The number of aromatic nitrogens is 1. The quantitative estimate of drug-likeness (QED) is 0.559. The number of rotatable bonds is 3. The monoisotopic (exact) mass is 373 g/mol. The fourth-order valence-corrected chi connectivity index (χ4v) is 1.70. The van der Waals surface area contributed by atoms with Crippen LogP contribution in [0.2, 0.25) is 0 Å². The minimum atomic E-state index is -5.41. The fraction of sp³-hybridized carbons (Fsp3) is 0.444. The lowest BCUT2D eigenvalue weighted by atomic mass is 10.1. The summed E-state index contributed by atoms with van der Waals surface area (Å²) in [5.41, 5.74) is -3.98. The predicted octanol–water partition coefficient (Wildman–Crippen LogP) is 4.83. The summed E-state index contributed by atoms with van der Waals surface area (Å²) in [4.78, 5) is 2.88. The molecule has 0 aromatic carbocycles. The summed E-state index contributed by atoms with van der Waals surface area (Å²) >= 11 is 2.59. The Labute approximate surface area is 114 Å². The average Bonchev–Trinajstić information content (AvgIpc) is 2.23. The van der Waals surface area contributed by atoms with E-state index in [0.717, 1.165) is 0 Å². The van der Waals surface area contributed by atoms with Gasteiger partial charge in [-0.25, -0.2) is 13.8 Å². The highest BCUT2D eigenvalue weighted by molar-refractivity contribution is 9.08. The van der Waals surface area contributed by atoms with Gasteiger partial charge in [0.15, 0.2) is 0 Å². The van der Waals surface area contributed by atoms with Crippen LogP contribution in [0.25, 0.3) is 0 Å². The van der Waals surface area contributed by atoms with Gasteiger partial charge in [-0.05, 0) is 0 Å². The molecule has 1 aromatic rings. The van der Waals surface area contributed by atoms with Crippen LogP contribution < -0.4 is 4.74 Å². The first-order chi connectivity index (χ1) is 8.95. The van der Waals surface area contributed by atoms with E-state index in [0.29, 0.717) is 0 Å². The van der Waals surface area contributed by atoms with Gasteiger partial charge in [0.25, 0.3) is 6.43 Å². The van der Waals surface area contributed by atoms with Crippen LogP contribution in [0.15, 0.2) is 6.07 Å². The van der Waals surface area contributed by atoms with Crippen LogP contribution in [0.1, 0.15) is 23.4 Å². The highest BCUT2D eigenvalue weighted by Crippen LogP contribution is 2.39. The lowest BCUT2D eigenvalue weighted by Gasteiger charge is -2.17. The first-order valence-electron chi connectivity index (χ1n) is 4.66. The number of pyridine rings is 1. The van der Waals surface area contributed by atoms with Gasteiger partial charge >= 0.3 is 12.5 Å². The minimum absolute atomic E-state index is 0.207. The molecule has 0 saturated heterocycles. The van der Waals surface area contributed by atoms with Crippen LogP contribution in [0.4, 0.5) is 35.1 Å². The van der Waals surface area contributed by atoms with E-state index >= 15 is 0 Å². The molecule has 0 amide bonds.